The van der Waals surface area contributed by atoms with Crippen LogP contribution >= 0.6 is 11.6 Å². The van der Waals surface area contributed by atoms with Gasteiger partial charge in [-0.3, -0.25) is 9.80 Å². The molecule has 0 radical (unpaired) electrons. The Morgan fingerprint density at radius 3 is 2.32 bits per heavy atom. The van der Waals surface area contributed by atoms with E-state index in [-0.39, 0.29) is 0 Å². The van der Waals surface area contributed by atoms with Crippen LogP contribution in [-0.4, -0.2) is 45.5 Å². The Morgan fingerprint density at radius 1 is 0.920 bits per heavy atom. The zero-order valence-electron chi connectivity index (χ0n) is 14.5. The summed E-state index contributed by atoms with van der Waals surface area (Å²) < 4.78 is 2.18. The molecule has 130 valence electrons. The summed E-state index contributed by atoms with van der Waals surface area (Å²) >= 11 is 6.09. The molecule has 25 heavy (non-hydrogen) atoms. The molecule has 0 amide bonds. The van der Waals surface area contributed by atoms with Crippen molar-refractivity contribution in [1.82, 2.24) is 19.4 Å². The third-order valence-corrected chi connectivity index (χ3v) is 5.25. The van der Waals surface area contributed by atoms with Crippen molar-refractivity contribution in [2.24, 2.45) is 7.05 Å². The number of hydrogen-bond acceptors (Lipinski definition) is 3. The van der Waals surface area contributed by atoms with E-state index in [9.17, 15) is 0 Å². The molecule has 0 atom stereocenters. The van der Waals surface area contributed by atoms with E-state index in [1.165, 1.54) is 5.56 Å². The molecule has 0 bridgehead atoms. The molecule has 0 saturated carbocycles. The van der Waals surface area contributed by atoms with Gasteiger partial charge >= 0.3 is 0 Å². The van der Waals surface area contributed by atoms with Gasteiger partial charge in [0.2, 0.25) is 0 Å². The average Bonchev–Trinajstić information content (AvgIpc) is 2.92. The minimum absolute atomic E-state index is 0.742. The highest BCUT2D eigenvalue weighted by molar-refractivity contribution is 6.31. The summed E-state index contributed by atoms with van der Waals surface area (Å²) in [5, 5.41) is 0.742. The molecule has 0 aliphatic carbocycles. The minimum Gasteiger partial charge on any atom is -0.330 e. The second-order valence-electron chi connectivity index (χ2n) is 6.76. The molecule has 0 unspecified atom stereocenters. The van der Waals surface area contributed by atoms with E-state index in [0.717, 1.165) is 61.1 Å². The summed E-state index contributed by atoms with van der Waals surface area (Å²) in [5.41, 5.74) is 3.51. The number of aryl methyl sites for hydroxylation is 1. The first-order chi connectivity index (χ1) is 12.2. The van der Waals surface area contributed by atoms with Crippen LogP contribution in [0.15, 0.2) is 48.5 Å². The first-order valence-electron chi connectivity index (χ1n) is 8.78. The normalized spacial score (nSPS) is 16.6. The average molecular weight is 355 g/mol. The minimum atomic E-state index is 0.742. The topological polar surface area (TPSA) is 24.3 Å². The number of piperazine rings is 1. The van der Waals surface area contributed by atoms with Crippen LogP contribution in [0.1, 0.15) is 11.4 Å². The predicted octanol–water partition coefficient (Wildman–Crippen LogP) is 3.54. The molecule has 1 saturated heterocycles. The number of halogens is 1. The van der Waals surface area contributed by atoms with E-state index in [4.69, 9.17) is 16.6 Å². The highest BCUT2D eigenvalue weighted by Crippen LogP contribution is 2.20. The molecule has 5 heteroatoms. The lowest BCUT2D eigenvalue weighted by Gasteiger charge is -2.34. The second kappa shape index (κ2) is 7.16. The molecule has 1 aliphatic heterocycles. The van der Waals surface area contributed by atoms with Crippen LogP contribution in [0.5, 0.6) is 0 Å². The van der Waals surface area contributed by atoms with Gasteiger partial charge in [0, 0.05) is 44.8 Å². The molecule has 4 rings (SSSR count). The van der Waals surface area contributed by atoms with E-state index in [1.54, 1.807) is 0 Å². The van der Waals surface area contributed by atoms with Crippen molar-refractivity contribution in [2.75, 3.05) is 26.2 Å². The number of benzene rings is 2. The maximum absolute atomic E-state index is 6.09. The van der Waals surface area contributed by atoms with E-state index >= 15 is 0 Å². The quantitative estimate of drug-likeness (QED) is 0.716. The van der Waals surface area contributed by atoms with Crippen molar-refractivity contribution in [3.63, 3.8) is 0 Å². The van der Waals surface area contributed by atoms with Gasteiger partial charge in [-0.2, -0.15) is 0 Å². The molecule has 2 heterocycles. The number of rotatable bonds is 4. The Bertz CT molecular complexity index is 851. The maximum Gasteiger partial charge on any atom is 0.123 e. The largest absolute Gasteiger partial charge is 0.330 e. The number of nitrogens with zero attached hydrogens (tertiary/aromatic N) is 4. The van der Waals surface area contributed by atoms with Crippen LogP contribution in [0.25, 0.3) is 11.0 Å². The van der Waals surface area contributed by atoms with Crippen molar-refractivity contribution in [3.05, 3.63) is 64.9 Å². The lowest BCUT2D eigenvalue weighted by atomic mass is 10.2. The maximum atomic E-state index is 6.09. The highest BCUT2D eigenvalue weighted by atomic mass is 35.5. The summed E-state index contributed by atoms with van der Waals surface area (Å²) in [6, 6.07) is 16.6. The van der Waals surface area contributed by atoms with Gasteiger partial charge in [-0.15, -0.1) is 0 Å². The molecule has 0 N–H and O–H groups in total. The smallest absolute Gasteiger partial charge is 0.123 e. The Hall–Kier alpha value is -1.88. The van der Waals surface area contributed by atoms with Gasteiger partial charge in [-0.05, 0) is 23.8 Å². The number of imidazole rings is 1. The zero-order chi connectivity index (χ0) is 17.2. The highest BCUT2D eigenvalue weighted by Gasteiger charge is 2.19. The Balaban J connectivity index is 1.38. The fourth-order valence-electron chi connectivity index (χ4n) is 3.51. The molecular formula is C20H23ClN4. The summed E-state index contributed by atoms with van der Waals surface area (Å²) in [6.07, 6.45) is 0. The van der Waals surface area contributed by atoms with Crippen LogP contribution in [0.3, 0.4) is 0 Å². The van der Waals surface area contributed by atoms with Crippen molar-refractivity contribution in [3.8, 4) is 0 Å². The van der Waals surface area contributed by atoms with Gasteiger partial charge in [0.05, 0.1) is 17.6 Å². The summed E-state index contributed by atoms with van der Waals surface area (Å²) in [4.78, 5) is 9.80. The molecule has 1 aliphatic rings. The first-order valence-corrected chi connectivity index (χ1v) is 9.16. The summed E-state index contributed by atoms with van der Waals surface area (Å²) in [7, 11) is 2.09. The SMILES string of the molecule is Cn1c(CN2CCN(Cc3ccccc3)CC2)nc2cc(Cl)ccc21. The van der Waals surface area contributed by atoms with Gasteiger partial charge < -0.3 is 4.57 Å². The third-order valence-electron chi connectivity index (χ3n) is 5.01. The predicted molar refractivity (Wildman–Crippen MR) is 103 cm³/mol. The molecule has 0 spiro atoms. The Kier molecular flexibility index (Phi) is 4.75. The fourth-order valence-corrected chi connectivity index (χ4v) is 3.68. The molecular weight excluding hydrogens is 332 g/mol. The Labute approximate surface area is 153 Å². The van der Waals surface area contributed by atoms with Crippen molar-refractivity contribution in [1.29, 1.82) is 0 Å². The monoisotopic (exact) mass is 354 g/mol. The van der Waals surface area contributed by atoms with E-state index in [1.807, 2.05) is 18.2 Å². The summed E-state index contributed by atoms with van der Waals surface area (Å²) in [5.74, 6) is 1.11. The van der Waals surface area contributed by atoms with Gasteiger partial charge in [0.15, 0.2) is 0 Å². The van der Waals surface area contributed by atoms with Crippen LogP contribution < -0.4 is 0 Å². The van der Waals surface area contributed by atoms with Gasteiger partial charge in [-0.25, -0.2) is 4.98 Å². The van der Waals surface area contributed by atoms with Crippen LogP contribution in [-0.2, 0) is 20.1 Å². The number of fused-ring (bicyclic) bond motifs is 1. The van der Waals surface area contributed by atoms with Crippen LogP contribution in [0.2, 0.25) is 5.02 Å². The zero-order valence-corrected chi connectivity index (χ0v) is 15.3. The molecule has 1 aromatic heterocycles. The van der Waals surface area contributed by atoms with Crippen molar-refractivity contribution < 1.29 is 0 Å². The van der Waals surface area contributed by atoms with Gasteiger partial charge in [0.25, 0.3) is 0 Å². The summed E-state index contributed by atoms with van der Waals surface area (Å²) in [6.45, 7) is 6.30. The first kappa shape index (κ1) is 16.6. The third kappa shape index (κ3) is 3.71. The lowest BCUT2D eigenvalue weighted by molar-refractivity contribution is 0.119. The standard InChI is InChI=1S/C20H23ClN4/c1-23-19-8-7-17(21)13-18(19)22-20(23)15-25-11-9-24(10-12-25)14-16-5-3-2-4-6-16/h2-8,13H,9-12,14-15H2,1H3. The van der Waals surface area contributed by atoms with E-state index in [2.05, 4.69) is 51.7 Å². The molecule has 4 nitrogen and oxygen atoms in total. The number of hydrogen-bond donors (Lipinski definition) is 0. The van der Waals surface area contributed by atoms with Crippen LogP contribution in [0.4, 0.5) is 0 Å². The van der Waals surface area contributed by atoms with E-state index in [0.29, 0.717) is 0 Å². The van der Waals surface area contributed by atoms with Crippen LogP contribution in [0, 0.1) is 0 Å². The fraction of sp³-hybridized carbons (Fsp3) is 0.350. The Morgan fingerprint density at radius 2 is 1.60 bits per heavy atom. The van der Waals surface area contributed by atoms with E-state index < -0.39 is 0 Å². The van der Waals surface area contributed by atoms with Crippen molar-refractivity contribution in [2.45, 2.75) is 13.1 Å². The van der Waals surface area contributed by atoms with Gasteiger partial charge in [0.1, 0.15) is 5.82 Å². The number of aromatic nitrogens is 2. The lowest BCUT2D eigenvalue weighted by Crippen LogP contribution is -2.45. The molecule has 2 aromatic carbocycles. The molecule has 1 fully saturated rings. The molecule has 3 aromatic rings. The van der Waals surface area contributed by atoms with Crippen molar-refractivity contribution >= 4 is 22.6 Å². The second-order valence-corrected chi connectivity index (χ2v) is 7.19. The van der Waals surface area contributed by atoms with Gasteiger partial charge in [-0.1, -0.05) is 41.9 Å².